The highest BCUT2D eigenvalue weighted by molar-refractivity contribution is 5.49. The quantitative estimate of drug-likeness (QED) is 0.754. The second kappa shape index (κ2) is 6.82. The zero-order chi connectivity index (χ0) is 18.9. The molecular weight excluding hydrogens is 330 g/mol. The van der Waals surface area contributed by atoms with Crippen molar-refractivity contribution in [2.75, 3.05) is 19.5 Å². The number of ether oxygens (including phenoxy) is 2. The lowest BCUT2D eigenvalue weighted by atomic mass is 9.96. The third-order valence-corrected chi connectivity index (χ3v) is 4.20. The molecule has 3 aromatic rings. The summed E-state index contributed by atoms with van der Waals surface area (Å²) in [5.41, 5.74) is 1.58. The lowest BCUT2D eigenvalue weighted by Gasteiger charge is -2.19. The number of aromatic nitrogens is 4. The van der Waals surface area contributed by atoms with E-state index >= 15 is 0 Å². The monoisotopic (exact) mass is 355 g/mol. The van der Waals surface area contributed by atoms with Gasteiger partial charge in [-0.3, -0.25) is 0 Å². The summed E-state index contributed by atoms with van der Waals surface area (Å²) in [7, 11) is 3.31. The number of methoxy groups -OCH3 is 2. The van der Waals surface area contributed by atoms with Gasteiger partial charge in [0.1, 0.15) is 17.3 Å². The molecule has 0 aliphatic carbocycles. The first-order valence-corrected chi connectivity index (χ1v) is 8.55. The maximum absolute atomic E-state index is 5.48. The van der Waals surface area contributed by atoms with Crippen LogP contribution >= 0.6 is 0 Å². The summed E-state index contributed by atoms with van der Waals surface area (Å²) in [6.07, 6.45) is 0. The van der Waals surface area contributed by atoms with Gasteiger partial charge in [-0.05, 0) is 37.3 Å². The molecule has 0 bridgehead atoms. The van der Waals surface area contributed by atoms with Gasteiger partial charge in [0.15, 0.2) is 11.5 Å². The number of hydrogen-bond acceptors (Lipinski definition) is 6. The molecule has 2 aromatic heterocycles. The molecule has 1 atom stereocenters. The molecule has 0 aliphatic heterocycles. The fourth-order valence-electron chi connectivity index (χ4n) is 2.81. The summed E-state index contributed by atoms with van der Waals surface area (Å²) >= 11 is 0. The van der Waals surface area contributed by atoms with Crippen LogP contribution in [0.4, 0.5) is 5.82 Å². The first-order chi connectivity index (χ1) is 12.3. The van der Waals surface area contributed by atoms with Crippen molar-refractivity contribution in [3.05, 3.63) is 41.7 Å². The van der Waals surface area contributed by atoms with Crippen molar-refractivity contribution >= 4 is 11.5 Å². The number of hydrogen-bond donors (Lipinski definition) is 1. The molecule has 2 heterocycles. The van der Waals surface area contributed by atoms with Crippen LogP contribution in [0.25, 0.3) is 5.65 Å². The predicted octanol–water partition coefficient (Wildman–Crippen LogP) is 3.61. The van der Waals surface area contributed by atoms with E-state index in [1.165, 1.54) is 0 Å². The molecule has 7 heteroatoms. The number of fused-ring (bicyclic) bond motifs is 1. The summed E-state index contributed by atoms with van der Waals surface area (Å²) in [6, 6.07) is 9.53. The molecular formula is C19H25N5O2. The highest BCUT2D eigenvalue weighted by Gasteiger charge is 2.22. The minimum Gasteiger partial charge on any atom is -0.497 e. The van der Waals surface area contributed by atoms with E-state index in [0.717, 1.165) is 34.4 Å². The van der Waals surface area contributed by atoms with Gasteiger partial charge < -0.3 is 14.8 Å². The van der Waals surface area contributed by atoms with E-state index in [4.69, 9.17) is 9.47 Å². The Balaban J connectivity index is 1.93. The molecule has 0 saturated carbocycles. The Labute approximate surface area is 153 Å². The smallest absolute Gasteiger partial charge is 0.178 e. The van der Waals surface area contributed by atoms with E-state index in [1.807, 2.05) is 30.3 Å². The van der Waals surface area contributed by atoms with Crippen LogP contribution in [0.5, 0.6) is 11.5 Å². The molecule has 1 unspecified atom stereocenters. The average molecular weight is 355 g/mol. The van der Waals surface area contributed by atoms with Gasteiger partial charge in [0.25, 0.3) is 0 Å². The maximum atomic E-state index is 5.48. The lowest BCUT2D eigenvalue weighted by molar-refractivity contribution is 0.397. The van der Waals surface area contributed by atoms with Crippen LogP contribution in [-0.4, -0.2) is 34.0 Å². The van der Waals surface area contributed by atoms with Gasteiger partial charge in [0.2, 0.25) is 0 Å². The van der Waals surface area contributed by atoms with Crippen molar-refractivity contribution in [3.8, 4) is 11.5 Å². The zero-order valence-corrected chi connectivity index (χ0v) is 16.1. The van der Waals surface area contributed by atoms with Crippen LogP contribution in [0.2, 0.25) is 0 Å². The van der Waals surface area contributed by atoms with Crippen molar-refractivity contribution in [1.82, 2.24) is 19.8 Å². The van der Waals surface area contributed by atoms with Gasteiger partial charge in [-0.15, -0.1) is 15.3 Å². The van der Waals surface area contributed by atoms with Crippen LogP contribution in [0.15, 0.2) is 30.3 Å². The fraction of sp³-hybridized carbons (Fsp3) is 0.421. The largest absolute Gasteiger partial charge is 0.497 e. The highest BCUT2D eigenvalue weighted by Crippen LogP contribution is 2.31. The molecule has 0 saturated heterocycles. The molecule has 138 valence electrons. The number of anilines is 1. The maximum Gasteiger partial charge on any atom is 0.178 e. The van der Waals surface area contributed by atoms with Gasteiger partial charge in [0.05, 0.1) is 20.3 Å². The summed E-state index contributed by atoms with van der Waals surface area (Å²) in [5, 5.41) is 16.6. The normalized spacial score (nSPS) is 12.8. The van der Waals surface area contributed by atoms with E-state index < -0.39 is 0 Å². The summed E-state index contributed by atoms with van der Waals surface area (Å²) in [5.74, 6) is 3.14. The molecule has 26 heavy (non-hydrogen) atoms. The Bertz CT molecular complexity index is 914. The zero-order valence-electron chi connectivity index (χ0n) is 16.1. The number of rotatable bonds is 5. The van der Waals surface area contributed by atoms with Crippen LogP contribution in [0, 0.1) is 0 Å². The minimum atomic E-state index is -0.146. The Morgan fingerprint density at radius 1 is 1.04 bits per heavy atom. The Morgan fingerprint density at radius 3 is 2.46 bits per heavy atom. The van der Waals surface area contributed by atoms with E-state index in [9.17, 15) is 0 Å². The first kappa shape index (κ1) is 18.0. The molecule has 0 fully saturated rings. The van der Waals surface area contributed by atoms with Gasteiger partial charge in [0, 0.05) is 11.0 Å². The third kappa shape index (κ3) is 3.42. The van der Waals surface area contributed by atoms with Crippen molar-refractivity contribution < 1.29 is 9.47 Å². The van der Waals surface area contributed by atoms with E-state index in [0.29, 0.717) is 0 Å². The summed E-state index contributed by atoms with van der Waals surface area (Å²) < 4.78 is 12.6. The lowest BCUT2D eigenvalue weighted by Crippen LogP contribution is -2.18. The number of nitrogens with one attached hydrogen (secondary N) is 1. The van der Waals surface area contributed by atoms with Crippen LogP contribution < -0.4 is 14.8 Å². The molecule has 0 aliphatic rings. The topological polar surface area (TPSA) is 73.6 Å². The summed E-state index contributed by atoms with van der Waals surface area (Å²) in [4.78, 5) is 0. The predicted molar refractivity (Wildman–Crippen MR) is 101 cm³/mol. The molecule has 3 rings (SSSR count). The minimum absolute atomic E-state index is 0.0282. The van der Waals surface area contributed by atoms with E-state index in [2.05, 4.69) is 48.3 Å². The van der Waals surface area contributed by atoms with Gasteiger partial charge in [-0.2, -0.15) is 4.52 Å². The molecule has 0 spiro atoms. The third-order valence-electron chi connectivity index (χ3n) is 4.20. The molecule has 0 amide bonds. The first-order valence-electron chi connectivity index (χ1n) is 8.55. The average Bonchev–Trinajstić information content (AvgIpc) is 3.04. The van der Waals surface area contributed by atoms with Gasteiger partial charge >= 0.3 is 0 Å². The molecule has 0 radical (unpaired) electrons. The second-order valence-electron chi connectivity index (χ2n) is 7.24. The SMILES string of the molecule is COc1ccc(OC)c(C(C)Nc2ccc3nnc(C(C)(C)C)n3n2)c1. The van der Waals surface area contributed by atoms with Crippen molar-refractivity contribution in [2.45, 2.75) is 39.2 Å². The second-order valence-corrected chi connectivity index (χ2v) is 7.24. The summed E-state index contributed by atoms with van der Waals surface area (Å²) in [6.45, 7) is 8.33. The molecule has 1 aromatic carbocycles. The van der Waals surface area contributed by atoms with Crippen molar-refractivity contribution in [3.63, 3.8) is 0 Å². The standard InChI is InChI=1S/C19H25N5O2/c1-12(14-11-13(25-5)7-8-15(14)26-6)20-16-9-10-17-21-22-18(19(2,3)4)24(17)23-16/h7-12H,1-6H3,(H,20,23). The molecule has 1 N–H and O–H groups in total. The van der Waals surface area contributed by atoms with E-state index in [-0.39, 0.29) is 11.5 Å². The Morgan fingerprint density at radius 2 is 1.81 bits per heavy atom. The van der Waals surface area contributed by atoms with Crippen molar-refractivity contribution in [1.29, 1.82) is 0 Å². The van der Waals surface area contributed by atoms with Crippen LogP contribution in [0.3, 0.4) is 0 Å². The van der Waals surface area contributed by atoms with Crippen LogP contribution in [-0.2, 0) is 5.41 Å². The van der Waals surface area contributed by atoms with Gasteiger partial charge in [-0.25, -0.2) is 0 Å². The fourth-order valence-corrected chi connectivity index (χ4v) is 2.81. The highest BCUT2D eigenvalue weighted by atomic mass is 16.5. The number of benzene rings is 1. The van der Waals surface area contributed by atoms with Crippen molar-refractivity contribution in [2.24, 2.45) is 0 Å². The van der Waals surface area contributed by atoms with Gasteiger partial charge in [-0.1, -0.05) is 20.8 Å². The van der Waals surface area contributed by atoms with E-state index in [1.54, 1.807) is 18.7 Å². The Hall–Kier alpha value is -2.83. The van der Waals surface area contributed by atoms with Crippen LogP contribution in [0.1, 0.15) is 45.1 Å². The molecule has 7 nitrogen and oxygen atoms in total. The Kier molecular flexibility index (Phi) is 4.71. The number of nitrogens with zero attached hydrogens (tertiary/aromatic N) is 4.